The summed E-state index contributed by atoms with van der Waals surface area (Å²) in [5, 5.41) is 16.0. The molecule has 3 unspecified atom stereocenters. The molecule has 3 heterocycles. The number of nitrogens with one attached hydrogen (secondary N) is 2. The van der Waals surface area contributed by atoms with Gasteiger partial charge in [0.05, 0.1) is 28.9 Å². The van der Waals surface area contributed by atoms with Gasteiger partial charge in [0.1, 0.15) is 18.2 Å². The number of hydrogen-bond acceptors (Lipinski definition) is 7. The highest BCUT2D eigenvalue weighted by molar-refractivity contribution is 6.33. The highest BCUT2D eigenvalue weighted by Gasteiger charge is 2.37. The van der Waals surface area contributed by atoms with Gasteiger partial charge in [-0.1, -0.05) is 11.6 Å². The number of aromatic nitrogens is 2. The summed E-state index contributed by atoms with van der Waals surface area (Å²) in [6.07, 6.45) is 2.52. The normalized spacial score (nSPS) is 24.5. The van der Waals surface area contributed by atoms with Crippen molar-refractivity contribution in [1.29, 1.82) is 5.26 Å². The molecule has 27 heavy (non-hydrogen) atoms. The average molecular weight is 386 g/mol. The third-order valence-electron chi connectivity index (χ3n) is 4.97. The molecule has 1 aromatic heterocycles. The summed E-state index contributed by atoms with van der Waals surface area (Å²) >= 11 is 6.23. The number of fused-ring (bicyclic) bond motifs is 2. The van der Waals surface area contributed by atoms with Crippen LogP contribution < -0.4 is 15.4 Å². The summed E-state index contributed by atoms with van der Waals surface area (Å²) in [7, 11) is 0. The van der Waals surface area contributed by atoms with Crippen LogP contribution in [0.1, 0.15) is 12.0 Å². The Hall–Kier alpha value is -2.40. The van der Waals surface area contributed by atoms with E-state index in [9.17, 15) is 0 Å². The molecule has 2 fully saturated rings. The molecule has 0 spiro atoms. The minimum atomic E-state index is 0.0787. The van der Waals surface area contributed by atoms with Crippen LogP contribution in [0.5, 0.6) is 5.88 Å². The Labute approximate surface area is 162 Å². The van der Waals surface area contributed by atoms with E-state index in [1.807, 2.05) is 0 Å². The van der Waals surface area contributed by atoms with Gasteiger partial charge in [-0.3, -0.25) is 0 Å². The predicted molar refractivity (Wildman–Crippen MR) is 101 cm³/mol. The SMILES string of the molecule is N#Cc1ccc(Nc2cc(OC3C4CCOCC3CNC4)ncn2)c(Cl)c1. The minimum absolute atomic E-state index is 0.0787. The zero-order valence-corrected chi connectivity index (χ0v) is 15.4. The summed E-state index contributed by atoms with van der Waals surface area (Å²) in [6, 6.07) is 8.90. The Morgan fingerprint density at radius 2 is 2.15 bits per heavy atom. The standard InChI is InChI=1S/C19H20ClN5O2/c20-15-5-12(7-21)1-2-16(15)25-17-6-18(24-11-23-17)27-19-13-3-4-26-10-14(19)9-22-8-13/h1-2,5-6,11,13-14,19,22H,3-4,8-10H2,(H,23,24,25). The average Bonchev–Trinajstić information content (AvgIpc) is 2.78. The van der Waals surface area contributed by atoms with E-state index < -0.39 is 0 Å². The molecule has 140 valence electrons. The molecule has 2 aliphatic rings. The molecule has 2 bridgehead atoms. The van der Waals surface area contributed by atoms with Gasteiger partial charge in [0.25, 0.3) is 0 Å². The quantitative estimate of drug-likeness (QED) is 0.835. The maximum atomic E-state index is 8.94. The monoisotopic (exact) mass is 385 g/mol. The van der Waals surface area contributed by atoms with Crippen LogP contribution in [0.2, 0.25) is 5.02 Å². The molecule has 1 aromatic carbocycles. The highest BCUT2D eigenvalue weighted by atomic mass is 35.5. The topological polar surface area (TPSA) is 92.1 Å². The smallest absolute Gasteiger partial charge is 0.218 e. The maximum absolute atomic E-state index is 8.94. The first-order chi connectivity index (χ1) is 13.2. The Morgan fingerprint density at radius 3 is 3.00 bits per heavy atom. The van der Waals surface area contributed by atoms with E-state index in [1.165, 1.54) is 6.33 Å². The molecule has 4 rings (SSSR count). The van der Waals surface area contributed by atoms with Crippen molar-refractivity contribution in [2.75, 3.05) is 31.6 Å². The van der Waals surface area contributed by atoms with Crippen molar-refractivity contribution >= 4 is 23.1 Å². The second kappa shape index (κ2) is 8.09. The summed E-state index contributed by atoms with van der Waals surface area (Å²) in [6.45, 7) is 3.29. The summed E-state index contributed by atoms with van der Waals surface area (Å²) in [4.78, 5) is 8.51. The van der Waals surface area contributed by atoms with Crippen LogP contribution in [0, 0.1) is 23.2 Å². The number of hydrogen-bond donors (Lipinski definition) is 2. The Bertz CT molecular complexity index is 842. The van der Waals surface area contributed by atoms with Crippen LogP contribution in [-0.4, -0.2) is 42.4 Å². The maximum Gasteiger partial charge on any atom is 0.218 e. The van der Waals surface area contributed by atoms with Crippen LogP contribution in [0.3, 0.4) is 0 Å². The van der Waals surface area contributed by atoms with Crippen molar-refractivity contribution in [2.45, 2.75) is 12.5 Å². The lowest BCUT2D eigenvalue weighted by atomic mass is 9.86. The fraction of sp³-hybridized carbons (Fsp3) is 0.421. The number of nitriles is 1. The molecular weight excluding hydrogens is 366 g/mol. The molecular formula is C19H20ClN5O2. The summed E-state index contributed by atoms with van der Waals surface area (Å²) < 4.78 is 12.0. The number of benzene rings is 1. The van der Waals surface area contributed by atoms with Crippen molar-refractivity contribution in [3.8, 4) is 11.9 Å². The second-order valence-electron chi connectivity index (χ2n) is 6.80. The molecule has 2 aliphatic heterocycles. The van der Waals surface area contributed by atoms with Crippen LogP contribution in [-0.2, 0) is 4.74 Å². The third-order valence-corrected chi connectivity index (χ3v) is 5.28. The summed E-state index contributed by atoms with van der Waals surface area (Å²) in [5.74, 6) is 1.83. The van der Waals surface area contributed by atoms with E-state index in [1.54, 1.807) is 24.3 Å². The molecule has 0 aliphatic carbocycles. The molecule has 3 atom stereocenters. The molecule has 0 saturated carbocycles. The van der Waals surface area contributed by atoms with E-state index in [0.29, 0.717) is 46.4 Å². The van der Waals surface area contributed by atoms with E-state index in [2.05, 4.69) is 26.7 Å². The molecule has 7 nitrogen and oxygen atoms in total. The highest BCUT2D eigenvalue weighted by Crippen LogP contribution is 2.30. The lowest BCUT2D eigenvalue weighted by molar-refractivity contribution is 0.0337. The predicted octanol–water partition coefficient (Wildman–Crippen LogP) is 2.75. The van der Waals surface area contributed by atoms with E-state index in [-0.39, 0.29) is 6.10 Å². The zero-order valence-electron chi connectivity index (χ0n) is 14.7. The van der Waals surface area contributed by atoms with Crippen molar-refractivity contribution in [1.82, 2.24) is 15.3 Å². The van der Waals surface area contributed by atoms with E-state index in [0.717, 1.165) is 26.1 Å². The molecule has 2 N–H and O–H groups in total. The number of rotatable bonds is 4. The van der Waals surface area contributed by atoms with Crippen molar-refractivity contribution in [3.63, 3.8) is 0 Å². The fourth-order valence-corrected chi connectivity index (χ4v) is 3.82. The Kier molecular flexibility index (Phi) is 5.39. The lowest BCUT2D eigenvalue weighted by Crippen LogP contribution is -2.50. The van der Waals surface area contributed by atoms with Gasteiger partial charge in [-0.05, 0) is 24.6 Å². The van der Waals surface area contributed by atoms with Crippen LogP contribution in [0.25, 0.3) is 0 Å². The number of ether oxygens (including phenoxy) is 2. The third kappa shape index (κ3) is 4.14. The van der Waals surface area contributed by atoms with Gasteiger partial charge in [-0.2, -0.15) is 5.26 Å². The van der Waals surface area contributed by atoms with Crippen molar-refractivity contribution in [3.05, 3.63) is 41.2 Å². The fourth-order valence-electron chi connectivity index (χ4n) is 3.59. The first kappa shape index (κ1) is 18.0. The van der Waals surface area contributed by atoms with Gasteiger partial charge < -0.3 is 20.1 Å². The lowest BCUT2D eigenvalue weighted by Gasteiger charge is -2.35. The number of anilines is 2. The van der Waals surface area contributed by atoms with Gasteiger partial charge in [0, 0.05) is 37.6 Å². The Balaban J connectivity index is 1.50. The summed E-state index contributed by atoms with van der Waals surface area (Å²) in [5.41, 5.74) is 1.18. The number of halogens is 1. The molecule has 0 radical (unpaired) electrons. The van der Waals surface area contributed by atoms with Crippen LogP contribution in [0.4, 0.5) is 11.5 Å². The first-order valence-electron chi connectivity index (χ1n) is 8.97. The van der Waals surface area contributed by atoms with Gasteiger partial charge in [0.2, 0.25) is 5.88 Å². The first-order valence-corrected chi connectivity index (χ1v) is 9.34. The van der Waals surface area contributed by atoms with E-state index in [4.69, 9.17) is 26.3 Å². The van der Waals surface area contributed by atoms with Crippen molar-refractivity contribution in [2.24, 2.45) is 11.8 Å². The largest absolute Gasteiger partial charge is 0.473 e. The molecule has 8 heteroatoms. The van der Waals surface area contributed by atoms with Gasteiger partial charge >= 0.3 is 0 Å². The molecule has 0 amide bonds. The van der Waals surface area contributed by atoms with Crippen molar-refractivity contribution < 1.29 is 9.47 Å². The van der Waals surface area contributed by atoms with Crippen LogP contribution in [0.15, 0.2) is 30.6 Å². The van der Waals surface area contributed by atoms with Gasteiger partial charge in [-0.25, -0.2) is 9.97 Å². The zero-order chi connectivity index (χ0) is 18.6. The second-order valence-corrected chi connectivity index (χ2v) is 7.20. The van der Waals surface area contributed by atoms with Gasteiger partial charge in [0.15, 0.2) is 0 Å². The Morgan fingerprint density at radius 1 is 1.26 bits per heavy atom. The van der Waals surface area contributed by atoms with Gasteiger partial charge in [-0.15, -0.1) is 0 Å². The molecule has 2 saturated heterocycles. The number of piperidine rings is 1. The molecule has 2 aromatic rings. The number of nitrogens with zero attached hydrogens (tertiary/aromatic N) is 3. The van der Waals surface area contributed by atoms with Crippen LogP contribution >= 0.6 is 11.6 Å². The minimum Gasteiger partial charge on any atom is -0.473 e. The van der Waals surface area contributed by atoms with E-state index >= 15 is 0 Å².